The summed E-state index contributed by atoms with van der Waals surface area (Å²) in [6.07, 6.45) is 93.1. The van der Waals surface area contributed by atoms with Gasteiger partial charge < -0.3 is 14.2 Å². The van der Waals surface area contributed by atoms with E-state index in [0.717, 1.165) is 70.6 Å². The minimum absolute atomic E-state index is 0.0991. The van der Waals surface area contributed by atoms with Crippen LogP contribution >= 0.6 is 0 Å². The zero-order valence-electron chi connectivity index (χ0n) is 55.7. The molecule has 1 unspecified atom stereocenters. The van der Waals surface area contributed by atoms with Crippen molar-refractivity contribution in [1.29, 1.82) is 0 Å². The third-order valence-corrected chi connectivity index (χ3v) is 16.6. The SMILES string of the molecule is CC/C=C\C/C=C\C/C=C\C/C=C\C/C=C\CC(=O)OCC(COC(=O)CCCCCCCCCCCCCCCCCCCCCCCCCCCCCCCCCCCC)OC(=O)CCCCCCCCCCCCCCCCCC. The van der Waals surface area contributed by atoms with Crippen LogP contribution in [-0.4, -0.2) is 37.2 Å². The Morgan fingerprint density at radius 1 is 0.253 bits per heavy atom. The molecule has 0 saturated heterocycles. The lowest BCUT2D eigenvalue weighted by Gasteiger charge is -2.18. The zero-order valence-corrected chi connectivity index (χ0v) is 55.7. The van der Waals surface area contributed by atoms with E-state index >= 15 is 0 Å². The van der Waals surface area contributed by atoms with E-state index in [1.807, 2.05) is 12.2 Å². The molecule has 0 N–H and O–H groups in total. The van der Waals surface area contributed by atoms with Crippen molar-refractivity contribution in [3.63, 3.8) is 0 Å². The average Bonchev–Trinajstić information content (AvgIpc) is 3.49. The topological polar surface area (TPSA) is 78.9 Å². The minimum atomic E-state index is -0.812. The molecule has 83 heavy (non-hydrogen) atoms. The lowest BCUT2D eigenvalue weighted by molar-refractivity contribution is -0.166. The van der Waals surface area contributed by atoms with Crippen molar-refractivity contribution in [2.24, 2.45) is 0 Å². The number of allylic oxidation sites excluding steroid dienone is 9. The van der Waals surface area contributed by atoms with Crippen LogP contribution in [0.3, 0.4) is 0 Å². The van der Waals surface area contributed by atoms with Gasteiger partial charge in [0.05, 0.1) is 6.42 Å². The molecule has 6 heteroatoms. The number of rotatable bonds is 68. The quantitative estimate of drug-likeness (QED) is 0.0261. The predicted octanol–water partition coefficient (Wildman–Crippen LogP) is 25.5. The molecule has 484 valence electrons. The van der Waals surface area contributed by atoms with E-state index in [1.54, 1.807) is 0 Å². The first-order valence-corrected chi connectivity index (χ1v) is 36.8. The summed E-state index contributed by atoms with van der Waals surface area (Å²) in [5.74, 6) is -1.01. The highest BCUT2D eigenvalue weighted by atomic mass is 16.6. The fraction of sp³-hybridized carbons (Fsp3) is 0.831. The Morgan fingerprint density at radius 2 is 0.470 bits per heavy atom. The maximum Gasteiger partial charge on any atom is 0.309 e. The van der Waals surface area contributed by atoms with Crippen LogP contribution in [0.5, 0.6) is 0 Å². The van der Waals surface area contributed by atoms with Crippen molar-refractivity contribution in [2.75, 3.05) is 13.2 Å². The fourth-order valence-corrected chi connectivity index (χ4v) is 11.1. The minimum Gasteiger partial charge on any atom is -0.462 e. The number of carbonyl (C=O) groups excluding carboxylic acids is 3. The van der Waals surface area contributed by atoms with E-state index in [9.17, 15) is 14.4 Å². The van der Waals surface area contributed by atoms with Gasteiger partial charge in [-0.2, -0.15) is 0 Å². The monoisotopic (exact) mass is 1160 g/mol. The molecule has 0 aromatic heterocycles. The van der Waals surface area contributed by atoms with E-state index in [2.05, 4.69) is 69.4 Å². The van der Waals surface area contributed by atoms with Crippen LogP contribution < -0.4 is 0 Å². The molecule has 0 spiro atoms. The van der Waals surface area contributed by atoms with Gasteiger partial charge in [0.15, 0.2) is 6.10 Å². The van der Waals surface area contributed by atoms with E-state index in [-0.39, 0.29) is 31.6 Å². The summed E-state index contributed by atoms with van der Waals surface area (Å²) < 4.78 is 16.9. The number of ether oxygens (including phenoxy) is 3. The molecule has 0 aromatic rings. The van der Waals surface area contributed by atoms with Crippen molar-refractivity contribution in [3.8, 4) is 0 Å². The normalized spacial score (nSPS) is 12.4. The van der Waals surface area contributed by atoms with Crippen LogP contribution in [-0.2, 0) is 28.6 Å². The first-order chi connectivity index (χ1) is 41.0. The Balaban J connectivity index is 4.14. The van der Waals surface area contributed by atoms with E-state index < -0.39 is 12.1 Å². The van der Waals surface area contributed by atoms with Crippen molar-refractivity contribution in [1.82, 2.24) is 0 Å². The summed E-state index contributed by atoms with van der Waals surface area (Å²) in [6, 6.07) is 0. The van der Waals surface area contributed by atoms with Crippen LogP contribution in [0, 0.1) is 0 Å². The largest absolute Gasteiger partial charge is 0.462 e. The first-order valence-electron chi connectivity index (χ1n) is 36.8. The second-order valence-corrected chi connectivity index (χ2v) is 24.9. The molecule has 0 aromatic carbocycles. The average molecular weight is 1160 g/mol. The Kier molecular flexibility index (Phi) is 69.1. The Hall–Kier alpha value is -2.89. The molecule has 0 heterocycles. The predicted molar refractivity (Wildman–Crippen MR) is 362 cm³/mol. The summed E-state index contributed by atoms with van der Waals surface area (Å²) in [6.45, 7) is 6.51. The van der Waals surface area contributed by atoms with Gasteiger partial charge in [0.1, 0.15) is 13.2 Å². The van der Waals surface area contributed by atoms with Crippen molar-refractivity contribution >= 4 is 17.9 Å². The molecular formula is C77H140O6. The Bertz CT molecular complexity index is 1470. The molecule has 1 atom stereocenters. The second kappa shape index (κ2) is 71.6. The highest BCUT2D eigenvalue weighted by molar-refractivity contribution is 5.72. The molecule has 0 aliphatic rings. The van der Waals surface area contributed by atoms with Crippen LogP contribution in [0.4, 0.5) is 0 Å². The molecule has 0 radical (unpaired) electrons. The molecule has 0 saturated carbocycles. The summed E-state index contributed by atoms with van der Waals surface area (Å²) in [7, 11) is 0. The number of esters is 3. The molecule has 0 aliphatic carbocycles. The van der Waals surface area contributed by atoms with Crippen LogP contribution in [0.25, 0.3) is 0 Å². The van der Waals surface area contributed by atoms with Crippen molar-refractivity contribution < 1.29 is 28.6 Å². The van der Waals surface area contributed by atoms with Gasteiger partial charge in [0.25, 0.3) is 0 Å². The summed E-state index contributed by atoms with van der Waals surface area (Å²) in [5, 5.41) is 0. The van der Waals surface area contributed by atoms with Gasteiger partial charge in [0, 0.05) is 12.8 Å². The van der Waals surface area contributed by atoms with Crippen LogP contribution in [0.1, 0.15) is 393 Å². The summed E-state index contributed by atoms with van der Waals surface area (Å²) >= 11 is 0. The van der Waals surface area contributed by atoms with Crippen LogP contribution in [0.2, 0.25) is 0 Å². The van der Waals surface area contributed by atoms with Gasteiger partial charge in [-0.1, -0.05) is 390 Å². The number of hydrogen-bond acceptors (Lipinski definition) is 6. The van der Waals surface area contributed by atoms with Gasteiger partial charge in [-0.3, -0.25) is 14.4 Å². The maximum absolute atomic E-state index is 12.9. The van der Waals surface area contributed by atoms with Gasteiger partial charge in [0.2, 0.25) is 0 Å². The second-order valence-electron chi connectivity index (χ2n) is 24.9. The zero-order chi connectivity index (χ0) is 59.9. The van der Waals surface area contributed by atoms with Gasteiger partial charge in [-0.05, 0) is 44.9 Å². The molecule has 0 aliphatic heterocycles. The molecule has 6 nitrogen and oxygen atoms in total. The van der Waals surface area contributed by atoms with Crippen LogP contribution in [0.15, 0.2) is 60.8 Å². The number of carbonyl (C=O) groups is 3. The van der Waals surface area contributed by atoms with E-state index in [1.165, 1.54) is 283 Å². The first kappa shape index (κ1) is 80.1. The van der Waals surface area contributed by atoms with E-state index in [0.29, 0.717) is 12.8 Å². The lowest BCUT2D eigenvalue weighted by Crippen LogP contribution is -2.30. The fourth-order valence-electron chi connectivity index (χ4n) is 11.1. The summed E-state index contributed by atoms with van der Waals surface area (Å²) in [5.41, 5.74) is 0. The maximum atomic E-state index is 12.9. The van der Waals surface area contributed by atoms with Gasteiger partial charge in [-0.15, -0.1) is 0 Å². The highest BCUT2D eigenvalue weighted by Gasteiger charge is 2.19. The van der Waals surface area contributed by atoms with E-state index in [4.69, 9.17) is 14.2 Å². The third kappa shape index (κ3) is 69.8. The molecule has 0 bridgehead atoms. The Morgan fingerprint density at radius 3 is 0.735 bits per heavy atom. The molecule has 0 rings (SSSR count). The van der Waals surface area contributed by atoms with Gasteiger partial charge in [-0.25, -0.2) is 0 Å². The third-order valence-electron chi connectivity index (χ3n) is 16.6. The number of hydrogen-bond donors (Lipinski definition) is 0. The molecular weight excluding hydrogens is 1020 g/mol. The van der Waals surface area contributed by atoms with Crippen molar-refractivity contribution in [3.05, 3.63) is 60.8 Å². The van der Waals surface area contributed by atoms with Crippen molar-refractivity contribution in [2.45, 2.75) is 399 Å². The lowest BCUT2D eigenvalue weighted by atomic mass is 10.0. The number of unbranched alkanes of at least 4 members (excludes halogenated alkanes) is 48. The molecule has 0 fully saturated rings. The standard InChI is InChI=1S/C77H140O6/c1-4-7-10-13-16-19-22-25-28-30-31-32-33-34-35-36-37-38-39-40-41-42-43-44-45-46-47-50-52-55-58-61-64-67-70-76(79)82-73-74(72-81-75(78)69-66-63-60-57-54-51-48-27-24-21-18-15-12-9-6-3)83-77(80)71-68-65-62-59-56-53-49-29-26-23-20-17-14-11-8-5-2/h9,12,18,21,27,48,54,57,63,66,74H,4-8,10-11,13-17,19-20,22-26,28-47,49-53,55-56,58-62,64-65,67-73H2,1-3H3/b12-9-,21-18-,48-27-,57-54-,66-63-. The Labute approximate surface area is 517 Å². The molecule has 0 amide bonds. The van der Waals surface area contributed by atoms with Gasteiger partial charge >= 0.3 is 17.9 Å². The highest BCUT2D eigenvalue weighted by Crippen LogP contribution is 2.19. The summed E-state index contributed by atoms with van der Waals surface area (Å²) in [4.78, 5) is 38.3. The smallest absolute Gasteiger partial charge is 0.309 e.